The maximum absolute atomic E-state index is 5.40. The normalized spacial score (nSPS) is 19.3. The molecule has 0 bridgehead atoms. The van der Waals surface area contributed by atoms with Gasteiger partial charge in [0.1, 0.15) is 5.76 Å². The summed E-state index contributed by atoms with van der Waals surface area (Å²) in [6.07, 6.45) is 4.12. The van der Waals surface area contributed by atoms with Gasteiger partial charge in [0.2, 0.25) is 0 Å². The molecule has 14 heavy (non-hydrogen) atoms. The number of halogens is 1. The number of hydrogen-bond donors (Lipinski definition) is 1. The molecule has 2 nitrogen and oxygen atoms in total. The maximum atomic E-state index is 5.40. The van der Waals surface area contributed by atoms with E-state index in [9.17, 15) is 0 Å². The fourth-order valence-corrected chi connectivity index (χ4v) is 2.23. The van der Waals surface area contributed by atoms with Crippen molar-refractivity contribution >= 4 is 15.9 Å². The molecule has 0 saturated heterocycles. The minimum Gasteiger partial charge on any atom is -0.453 e. The lowest BCUT2D eigenvalue weighted by Gasteiger charge is -2.38. The van der Waals surface area contributed by atoms with Gasteiger partial charge in [-0.05, 0) is 46.3 Å². The van der Waals surface area contributed by atoms with E-state index in [2.05, 4.69) is 28.2 Å². The Morgan fingerprint density at radius 2 is 2.29 bits per heavy atom. The highest BCUT2D eigenvalue weighted by atomic mass is 79.9. The molecular weight excluding hydrogens is 242 g/mol. The summed E-state index contributed by atoms with van der Waals surface area (Å²) >= 11 is 3.29. The average molecular weight is 258 g/mol. The lowest BCUT2D eigenvalue weighted by Crippen LogP contribution is -2.36. The van der Waals surface area contributed by atoms with E-state index in [1.165, 1.54) is 19.3 Å². The zero-order chi connectivity index (χ0) is 10.0. The van der Waals surface area contributed by atoms with Crippen molar-refractivity contribution in [2.24, 2.45) is 5.41 Å². The summed E-state index contributed by atoms with van der Waals surface area (Å²) < 4.78 is 6.21. The summed E-state index contributed by atoms with van der Waals surface area (Å²) in [5.41, 5.74) is 0.545. The van der Waals surface area contributed by atoms with E-state index in [1.54, 1.807) is 0 Å². The second kappa shape index (κ2) is 4.07. The molecule has 1 aliphatic carbocycles. The van der Waals surface area contributed by atoms with Crippen LogP contribution < -0.4 is 5.32 Å². The van der Waals surface area contributed by atoms with Gasteiger partial charge in [0, 0.05) is 6.54 Å². The number of rotatable bonds is 4. The van der Waals surface area contributed by atoms with Crippen LogP contribution in [0.25, 0.3) is 0 Å². The molecule has 0 unspecified atom stereocenters. The molecular formula is C11H16BrNO. The van der Waals surface area contributed by atoms with Gasteiger partial charge in [0.25, 0.3) is 0 Å². The minimum atomic E-state index is 0.545. The molecule has 1 aliphatic rings. The van der Waals surface area contributed by atoms with E-state index in [0.717, 1.165) is 23.5 Å². The van der Waals surface area contributed by atoms with E-state index >= 15 is 0 Å². The van der Waals surface area contributed by atoms with Crippen molar-refractivity contribution in [3.63, 3.8) is 0 Å². The van der Waals surface area contributed by atoms with Gasteiger partial charge >= 0.3 is 0 Å². The van der Waals surface area contributed by atoms with Crippen molar-refractivity contribution in [2.75, 3.05) is 6.54 Å². The second-order valence-electron chi connectivity index (χ2n) is 4.47. The molecule has 3 heteroatoms. The average Bonchev–Trinajstić information content (AvgIpc) is 2.49. The Labute approximate surface area is 93.2 Å². The molecule has 1 aromatic heterocycles. The zero-order valence-corrected chi connectivity index (χ0v) is 10.1. The Morgan fingerprint density at radius 3 is 2.79 bits per heavy atom. The lowest BCUT2D eigenvalue weighted by atomic mass is 9.70. The molecule has 0 aromatic carbocycles. The topological polar surface area (TPSA) is 25.2 Å². The van der Waals surface area contributed by atoms with Crippen molar-refractivity contribution < 1.29 is 4.42 Å². The van der Waals surface area contributed by atoms with Crippen LogP contribution in [0, 0.1) is 5.41 Å². The Bertz CT molecular complexity index is 304. The Kier molecular flexibility index (Phi) is 2.98. The van der Waals surface area contributed by atoms with Gasteiger partial charge < -0.3 is 9.73 Å². The van der Waals surface area contributed by atoms with Crippen LogP contribution >= 0.6 is 15.9 Å². The zero-order valence-electron chi connectivity index (χ0n) is 8.48. The van der Waals surface area contributed by atoms with E-state index in [1.807, 2.05) is 12.1 Å². The first-order valence-electron chi connectivity index (χ1n) is 5.13. The summed E-state index contributed by atoms with van der Waals surface area (Å²) in [4.78, 5) is 0. The summed E-state index contributed by atoms with van der Waals surface area (Å²) in [6.45, 7) is 4.29. The Morgan fingerprint density at radius 1 is 1.50 bits per heavy atom. The predicted octanol–water partition coefficient (Wildman–Crippen LogP) is 3.32. The van der Waals surface area contributed by atoms with Gasteiger partial charge in [-0.3, -0.25) is 0 Å². The fourth-order valence-electron chi connectivity index (χ4n) is 1.89. The second-order valence-corrected chi connectivity index (χ2v) is 5.26. The third-order valence-electron chi connectivity index (χ3n) is 3.04. The number of nitrogens with one attached hydrogen (secondary N) is 1. The molecule has 0 spiro atoms. The van der Waals surface area contributed by atoms with Gasteiger partial charge in [-0.2, -0.15) is 0 Å². The van der Waals surface area contributed by atoms with Crippen LogP contribution in [0.4, 0.5) is 0 Å². The molecule has 1 N–H and O–H groups in total. The molecule has 1 saturated carbocycles. The smallest absolute Gasteiger partial charge is 0.169 e. The number of hydrogen-bond acceptors (Lipinski definition) is 2. The van der Waals surface area contributed by atoms with Crippen LogP contribution in [0.15, 0.2) is 21.2 Å². The van der Waals surface area contributed by atoms with Crippen molar-refractivity contribution in [1.82, 2.24) is 5.32 Å². The monoisotopic (exact) mass is 257 g/mol. The van der Waals surface area contributed by atoms with Crippen LogP contribution in [0.2, 0.25) is 0 Å². The van der Waals surface area contributed by atoms with Crippen molar-refractivity contribution in [3.05, 3.63) is 22.6 Å². The molecule has 1 aromatic rings. The maximum Gasteiger partial charge on any atom is 0.169 e. The van der Waals surface area contributed by atoms with Gasteiger partial charge in [0.05, 0.1) is 6.54 Å². The fraction of sp³-hybridized carbons (Fsp3) is 0.636. The molecule has 0 aliphatic heterocycles. The first kappa shape index (κ1) is 10.2. The first-order valence-corrected chi connectivity index (χ1v) is 5.92. The van der Waals surface area contributed by atoms with Gasteiger partial charge in [-0.1, -0.05) is 13.3 Å². The first-order chi connectivity index (χ1) is 6.68. The van der Waals surface area contributed by atoms with Gasteiger partial charge in [-0.25, -0.2) is 0 Å². The van der Waals surface area contributed by atoms with Crippen molar-refractivity contribution in [2.45, 2.75) is 32.7 Å². The molecule has 1 heterocycles. The van der Waals surface area contributed by atoms with Crippen molar-refractivity contribution in [3.8, 4) is 0 Å². The standard InChI is InChI=1S/C11H16BrNO/c1-11(5-2-6-11)8-13-7-9-3-4-10(12)14-9/h3-4,13H,2,5-8H2,1H3. The quantitative estimate of drug-likeness (QED) is 0.896. The van der Waals surface area contributed by atoms with Crippen molar-refractivity contribution in [1.29, 1.82) is 0 Å². The summed E-state index contributed by atoms with van der Waals surface area (Å²) in [5, 5.41) is 3.44. The molecule has 78 valence electrons. The highest BCUT2D eigenvalue weighted by Gasteiger charge is 2.30. The summed E-state index contributed by atoms with van der Waals surface area (Å²) in [6, 6.07) is 3.93. The third-order valence-corrected chi connectivity index (χ3v) is 3.47. The Hall–Kier alpha value is -0.280. The van der Waals surface area contributed by atoms with Gasteiger partial charge in [0.15, 0.2) is 4.67 Å². The highest BCUT2D eigenvalue weighted by Crippen LogP contribution is 2.39. The molecule has 1 fully saturated rings. The van der Waals surface area contributed by atoms with Crippen LogP contribution in [0.5, 0.6) is 0 Å². The SMILES string of the molecule is CC1(CNCc2ccc(Br)o2)CCC1. The van der Waals surface area contributed by atoms with Crippen LogP contribution in [0.3, 0.4) is 0 Å². The molecule has 0 radical (unpaired) electrons. The molecule has 2 rings (SSSR count). The minimum absolute atomic E-state index is 0.545. The highest BCUT2D eigenvalue weighted by molar-refractivity contribution is 9.10. The van der Waals surface area contributed by atoms with Gasteiger partial charge in [-0.15, -0.1) is 0 Å². The van der Waals surface area contributed by atoms with E-state index in [4.69, 9.17) is 4.42 Å². The summed E-state index contributed by atoms with van der Waals surface area (Å²) in [5.74, 6) is 1.000. The third kappa shape index (κ3) is 2.39. The predicted molar refractivity (Wildman–Crippen MR) is 60.1 cm³/mol. The molecule has 0 atom stereocenters. The largest absolute Gasteiger partial charge is 0.453 e. The van der Waals surface area contributed by atoms with Crippen LogP contribution in [-0.2, 0) is 6.54 Å². The van der Waals surface area contributed by atoms with E-state index in [0.29, 0.717) is 5.41 Å². The summed E-state index contributed by atoms with van der Waals surface area (Å²) in [7, 11) is 0. The Balaban J connectivity index is 1.72. The molecule has 0 amide bonds. The van der Waals surface area contributed by atoms with E-state index in [-0.39, 0.29) is 0 Å². The number of furan rings is 1. The van der Waals surface area contributed by atoms with Crippen LogP contribution in [0.1, 0.15) is 31.9 Å². The van der Waals surface area contributed by atoms with Crippen LogP contribution in [-0.4, -0.2) is 6.54 Å². The van der Waals surface area contributed by atoms with E-state index < -0.39 is 0 Å². The lowest BCUT2D eigenvalue weighted by molar-refractivity contribution is 0.155.